The second kappa shape index (κ2) is 3.77. The highest BCUT2D eigenvalue weighted by Crippen LogP contribution is 2.39. The summed E-state index contributed by atoms with van der Waals surface area (Å²) in [5.74, 6) is -2.62. The van der Waals surface area contributed by atoms with Gasteiger partial charge in [-0.3, -0.25) is 0 Å². The van der Waals surface area contributed by atoms with Gasteiger partial charge in [0.2, 0.25) is 5.82 Å². The molecule has 82 valence electrons. The van der Waals surface area contributed by atoms with Crippen molar-refractivity contribution >= 4 is 0 Å². The standard InChI is InChI=1S/C11H13F2NO/c12-8-5-4-7(11(15)9(8)13)10(14)6-2-1-3-6/h4-6,10,15H,1-3,14H2/t10-/m1/s1. The predicted molar refractivity (Wildman–Crippen MR) is 52.3 cm³/mol. The summed E-state index contributed by atoms with van der Waals surface area (Å²) < 4.78 is 25.8. The lowest BCUT2D eigenvalue weighted by molar-refractivity contribution is 0.258. The van der Waals surface area contributed by atoms with Gasteiger partial charge in [0.25, 0.3) is 0 Å². The van der Waals surface area contributed by atoms with E-state index in [9.17, 15) is 13.9 Å². The van der Waals surface area contributed by atoms with E-state index in [0.717, 1.165) is 25.3 Å². The molecule has 1 aliphatic carbocycles. The largest absolute Gasteiger partial charge is 0.505 e. The Bertz CT molecular complexity index is 377. The highest BCUT2D eigenvalue weighted by Gasteiger charge is 2.28. The molecule has 0 spiro atoms. The number of hydrogen-bond acceptors (Lipinski definition) is 2. The van der Waals surface area contributed by atoms with Crippen LogP contribution in [0.1, 0.15) is 30.9 Å². The minimum absolute atomic E-state index is 0.278. The second-order valence-electron chi connectivity index (χ2n) is 4.02. The molecule has 2 rings (SSSR count). The molecule has 1 aromatic rings. The van der Waals surface area contributed by atoms with Crippen LogP contribution in [0.5, 0.6) is 5.75 Å². The van der Waals surface area contributed by atoms with Crippen LogP contribution in [0.2, 0.25) is 0 Å². The van der Waals surface area contributed by atoms with Crippen LogP contribution in [0.15, 0.2) is 12.1 Å². The fourth-order valence-corrected chi connectivity index (χ4v) is 1.88. The number of rotatable bonds is 2. The number of hydrogen-bond donors (Lipinski definition) is 2. The van der Waals surface area contributed by atoms with E-state index in [0.29, 0.717) is 5.56 Å². The fraction of sp³-hybridized carbons (Fsp3) is 0.455. The third-order valence-electron chi connectivity index (χ3n) is 3.12. The monoisotopic (exact) mass is 213 g/mol. The van der Waals surface area contributed by atoms with Gasteiger partial charge in [0.15, 0.2) is 11.6 Å². The van der Waals surface area contributed by atoms with Crippen molar-refractivity contribution in [2.75, 3.05) is 0 Å². The second-order valence-corrected chi connectivity index (χ2v) is 4.02. The molecule has 1 aliphatic rings. The van der Waals surface area contributed by atoms with Gasteiger partial charge in [0.1, 0.15) is 0 Å². The molecular weight excluding hydrogens is 200 g/mol. The molecule has 15 heavy (non-hydrogen) atoms. The highest BCUT2D eigenvalue weighted by molar-refractivity contribution is 5.37. The first-order valence-corrected chi connectivity index (χ1v) is 5.03. The summed E-state index contributed by atoms with van der Waals surface area (Å²) in [6.07, 6.45) is 3.09. The highest BCUT2D eigenvalue weighted by atomic mass is 19.2. The SMILES string of the molecule is N[C@@H](c1ccc(F)c(F)c1O)C1CCC1. The Labute approximate surface area is 86.7 Å². The van der Waals surface area contributed by atoms with Gasteiger partial charge in [-0.05, 0) is 24.8 Å². The topological polar surface area (TPSA) is 46.2 Å². The lowest BCUT2D eigenvalue weighted by Crippen LogP contribution is -2.27. The molecule has 0 radical (unpaired) electrons. The number of aromatic hydroxyl groups is 1. The molecule has 0 aliphatic heterocycles. The third kappa shape index (κ3) is 1.69. The Hall–Kier alpha value is -1.16. The van der Waals surface area contributed by atoms with Crippen molar-refractivity contribution in [2.24, 2.45) is 11.7 Å². The van der Waals surface area contributed by atoms with Crippen molar-refractivity contribution in [3.8, 4) is 5.75 Å². The molecule has 1 fully saturated rings. The van der Waals surface area contributed by atoms with Gasteiger partial charge in [-0.1, -0.05) is 12.5 Å². The number of phenols is 1. The average molecular weight is 213 g/mol. The van der Waals surface area contributed by atoms with E-state index in [1.165, 1.54) is 6.07 Å². The van der Waals surface area contributed by atoms with Gasteiger partial charge < -0.3 is 10.8 Å². The maximum Gasteiger partial charge on any atom is 0.200 e. The van der Waals surface area contributed by atoms with Gasteiger partial charge in [0.05, 0.1) is 0 Å². The number of phenolic OH excluding ortho intramolecular Hbond substituents is 1. The van der Waals surface area contributed by atoms with Crippen molar-refractivity contribution in [3.63, 3.8) is 0 Å². The Balaban J connectivity index is 2.31. The van der Waals surface area contributed by atoms with Gasteiger partial charge in [-0.15, -0.1) is 0 Å². The fourth-order valence-electron chi connectivity index (χ4n) is 1.88. The molecule has 0 amide bonds. The van der Waals surface area contributed by atoms with Crippen molar-refractivity contribution in [3.05, 3.63) is 29.3 Å². The third-order valence-corrected chi connectivity index (χ3v) is 3.12. The van der Waals surface area contributed by atoms with Crippen LogP contribution in [0.4, 0.5) is 8.78 Å². The van der Waals surface area contributed by atoms with Crippen molar-refractivity contribution in [2.45, 2.75) is 25.3 Å². The first-order valence-electron chi connectivity index (χ1n) is 5.03. The summed E-state index contributed by atoms with van der Waals surface area (Å²) in [5, 5.41) is 9.42. The molecule has 0 bridgehead atoms. The Morgan fingerprint density at radius 2 is 2.00 bits per heavy atom. The lowest BCUT2D eigenvalue weighted by atomic mass is 9.77. The van der Waals surface area contributed by atoms with Gasteiger partial charge >= 0.3 is 0 Å². The molecular formula is C11H13F2NO. The van der Waals surface area contributed by atoms with Crippen LogP contribution in [0, 0.1) is 17.6 Å². The van der Waals surface area contributed by atoms with Crippen LogP contribution in [-0.4, -0.2) is 5.11 Å². The van der Waals surface area contributed by atoms with Crippen LogP contribution < -0.4 is 5.73 Å². The first kappa shape index (κ1) is 10.4. The minimum Gasteiger partial charge on any atom is -0.505 e. The van der Waals surface area contributed by atoms with E-state index >= 15 is 0 Å². The maximum atomic E-state index is 13.1. The maximum absolute atomic E-state index is 13.1. The molecule has 0 aromatic heterocycles. The molecule has 1 saturated carbocycles. The van der Waals surface area contributed by atoms with Crippen LogP contribution in [-0.2, 0) is 0 Å². The van der Waals surface area contributed by atoms with Crippen LogP contribution in [0.3, 0.4) is 0 Å². The normalized spacial score (nSPS) is 18.6. The van der Waals surface area contributed by atoms with E-state index in [1.807, 2.05) is 0 Å². The molecule has 4 heteroatoms. The van der Waals surface area contributed by atoms with Gasteiger partial charge in [-0.25, -0.2) is 4.39 Å². The van der Waals surface area contributed by atoms with E-state index in [1.54, 1.807) is 0 Å². The smallest absolute Gasteiger partial charge is 0.200 e. The lowest BCUT2D eigenvalue weighted by Gasteiger charge is -2.31. The average Bonchev–Trinajstić information content (AvgIpc) is 2.11. The molecule has 0 unspecified atom stereocenters. The van der Waals surface area contributed by atoms with Crippen molar-refractivity contribution in [1.82, 2.24) is 0 Å². The molecule has 1 atom stereocenters. The van der Waals surface area contributed by atoms with E-state index in [2.05, 4.69) is 0 Å². The van der Waals surface area contributed by atoms with Crippen LogP contribution >= 0.6 is 0 Å². The summed E-state index contributed by atoms with van der Waals surface area (Å²) >= 11 is 0. The van der Waals surface area contributed by atoms with E-state index in [4.69, 9.17) is 5.73 Å². The molecule has 2 nitrogen and oxygen atoms in total. The zero-order chi connectivity index (χ0) is 11.0. The number of nitrogens with two attached hydrogens (primary N) is 1. The summed E-state index contributed by atoms with van der Waals surface area (Å²) in [5.41, 5.74) is 6.18. The van der Waals surface area contributed by atoms with Crippen molar-refractivity contribution < 1.29 is 13.9 Å². The number of halogens is 2. The van der Waals surface area contributed by atoms with Gasteiger partial charge in [-0.2, -0.15) is 4.39 Å². The van der Waals surface area contributed by atoms with Crippen LogP contribution in [0.25, 0.3) is 0 Å². The molecule has 0 saturated heterocycles. The summed E-state index contributed by atoms with van der Waals surface area (Å²) in [6.45, 7) is 0. The minimum atomic E-state index is -1.21. The predicted octanol–water partition coefficient (Wildman–Crippen LogP) is 2.47. The van der Waals surface area contributed by atoms with E-state index in [-0.39, 0.29) is 5.92 Å². The zero-order valence-electron chi connectivity index (χ0n) is 8.21. The first-order chi connectivity index (χ1) is 7.11. The molecule has 0 heterocycles. The summed E-state index contributed by atoms with van der Waals surface area (Å²) in [6, 6.07) is 1.97. The molecule has 3 N–H and O–H groups in total. The molecule has 1 aromatic carbocycles. The quantitative estimate of drug-likeness (QED) is 0.792. The Kier molecular flexibility index (Phi) is 2.61. The Morgan fingerprint density at radius 3 is 2.53 bits per heavy atom. The summed E-state index contributed by atoms with van der Waals surface area (Å²) in [4.78, 5) is 0. The Morgan fingerprint density at radius 1 is 1.33 bits per heavy atom. The zero-order valence-corrected chi connectivity index (χ0v) is 8.21. The number of benzene rings is 1. The summed E-state index contributed by atoms with van der Waals surface area (Å²) in [7, 11) is 0. The van der Waals surface area contributed by atoms with E-state index < -0.39 is 23.4 Å². The van der Waals surface area contributed by atoms with Gasteiger partial charge in [0, 0.05) is 11.6 Å². The van der Waals surface area contributed by atoms with Crippen molar-refractivity contribution in [1.29, 1.82) is 0 Å².